The van der Waals surface area contributed by atoms with Gasteiger partial charge in [0.15, 0.2) is 5.82 Å². The van der Waals surface area contributed by atoms with Crippen LogP contribution >= 0.6 is 0 Å². The first-order chi connectivity index (χ1) is 9.20. The average molecular weight is 264 g/mol. The molecule has 1 aromatic carbocycles. The fraction of sp³-hybridized carbons (Fsp3) is 0.214. The number of nitrogens with zero attached hydrogens (tertiary/aromatic N) is 1. The zero-order valence-electron chi connectivity index (χ0n) is 10.5. The van der Waals surface area contributed by atoms with E-state index in [-0.39, 0.29) is 11.7 Å². The lowest BCUT2D eigenvalue weighted by Crippen LogP contribution is -2.13. The van der Waals surface area contributed by atoms with E-state index in [1.165, 1.54) is 30.5 Å². The number of hydrogen-bond donors (Lipinski definition) is 1. The molecular formula is C14H14F2N2O. The normalized spacial score (nSPS) is 10.5. The van der Waals surface area contributed by atoms with Gasteiger partial charge in [-0.25, -0.2) is 13.8 Å². The number of rotatable bonds is 5. The van der Waals surface area contributed by atoms with Crippen LogP contribution in [-0.2, 0) is 6.54 Å². The average Bonchev–Trinajstić information content (AvgIpc) is 2.42. The van der Waals surface area contributed by atoms with Crippen LogP contribution in [0.5, 0.6) is 11.6 Å². The van der Waals surface area contributed by atoms with E-state index in [1.54, 1.807) is 6.07 Å². The minimum Gasteiger partial charge on any atom is -0.436 e. The third-order valence-electron chi connectivity index (χ3n) is 2.53. The molecule has 0 spiro atoms. The summed E-state index contributed by atoms with van der Waals surface area (Å²) < 4.78 is 32.1. The van der Waals surface area contributed by atoms with Crippen LogP contribution in [0.1, 0.15) is 12.5 Å². The van der Waals surface area contributed by atoms with Crippen molar-refractivity contribution in [3.8, 4) is 11.6 Å². The molecule has 0 radical (unpaired) electrons. The van der Waals surface area contributed by atoms with Gasteiger partial charge < -0.3 is 10.1 Å². The van der Waals surface area contributed by atoms with Crippen LogP contribution in [0, 0.1) is 11.6 Å². The molecule has 0 fully saturated rings. The van der Waals surface area contributed by atoms with Crippen LogP contribution in [-0.4, -0.2) is 11.5 Å². The van der Waals surface area contributed by atoms with Gasteiger partial charge in [-0.15, -0.1) is 0 Å². The van der Waals surface area contributed by atoms with Crippen molar-refractivity contribution in [3.63, 3.8) is 0 Å². The second kappa shape index (κ2) is 6.24. The van der Waals surface area contributed by atoms with Gasteiger partial charge in [-0.2, -0.15) is 0 Å². The molecule has 1 heterocycles. The van der Waals surface area contributed by atoms with Crippen LogP contribution < -0.4 is 10.1 Å². The SMILES string of the molecule is CCNCc1ccnc(Oc2ccc(F)cc2)c1F. The molecule has 0 saturated carbocycles. The molecule has 3 nitrogen and oxygen atoms in total. The highest BCUT2D eigenvalue weighted by Gasteiger charge is 2.11. The van der Waals surface area contributed by atoms with Crippen molar-refractivity contribution in [1.29, 1.82) is 0 Å². The summed E-state index contributed by atoms with van der Waals surface area (Å²) in [6.07, 6.45) is 1.48. The zero-order valence-corrected chi connectivity index (χ0v) is 10.5. The fourth-order valence-corrected chi connectivity index (χ4v) is 1.54. The van der Waals surface area contributed by atoms with E-state index in [1.807, 2.05) is 6.92 Å². The maximum Gasteiger partial charge on any atom is 0.256 e. The molecule has 0 unspecified atom stereocenters. The first kappa shape index (κ1) is 13.4. The quantitative estimate of drug-likeness (QED) is 0.900. The van der Waals surface area contributed by atoms with E-state index in [4.69, 9.17) is 4.74 Å². The molecule has 0 aliphatic heterocycles. The number of nitrogens with one attached hydrogen (secondary N) is 1. The van der Waals surface area contributed by atoms with E-state index in [2.05, 4.69) is 10.3 Å². The van der Waals surface area contributed by atoms with Gasteiger partial charge in [0.25, 0.3) is 5.88 Å². The zero-order chi connectivity index (χ0) is 13.7. The smallest absolute Gasteiger partial charge is 0.256 e. The van der Waals surface area contributed by atoms with Crippen molar-refractivity contribution in [1.82, 2.24) is 10.3 Å². The summed E-state index contributed by atoms with van der Waals surface area (Å²) in [6, 6.07) is 6.93. The predicted octanol–water partition coefficient (Wildman–Crippen LogP) is 3.26. The maximum absolute atomic E-state index is 14.1. The maximum atomic E-state index is 14.1. The molecule has 5 heteroatoms. The summed E-state index contributed by atoms with van der Waals surface area (Å²) in [4.78, 5) is 3.85. The summed E-state index contributed by atoms with van der Waals surface area (Å²) in [6.45, 7) is 3.09. The molecule has 2 aromatic rings. The topological polar surface area (TPSA) is 34.2 Å². The largest absolute Gasteiger partial charge is 0.436 e. The van der Waals surface area contributed by atoms with Gasteiger partial charge in [-0.3, -0.25) is 0 Å². The highest BCUT2D eigenvalue weighted by Crippen LogP contribution is 2.24. The van der Waals surface area contributed by atoms with Crippen LogP contribution in [0.3, 0.4) is 0 Å². The predicted molar refractivity (Wildman–Crippen MR) is 68.0 cm³/mol. The minimum atomic E-state index is -0.507. The Morgan fingerprint density at radius 1 is 1.16 bits per heavy atom. The summed E-state index contributed by atoms with van der Waals surface area (Å²) in [7, 11) is 0. The first-order valence-electron chi connectivity index (χ1n) is 5.98. The summed E-state index contributed by atoms with van der Waals surface area (Å²) >= 11 is 0. The van der Waals surface area contributed by atoms with Gasteiger partial charge in [0.1, 0.15) is 11.6 Å². The second-order valence-electron chi connectivity index (χ2n) is 3.93. The molecule has 0 bridgehead atoms. The third-order valence-corrected chi connectivity index (χ3v) is 2.53. The van der Waals surface area contributed by atoms with E-state index >= 15 is 0 Å². The monoisotopic (exact) mass is 264 g/mol. The molecule has 100 valence electrons. The van der Waals surface area contributed by atoms with Crippen LogP contribution in [0.25, 0.3) is 0 Å². The molecule has 2 rings (SSSR count). The Morgan fingerprint density at radius 2 is 1.89 bits per heavy atom. The van der Waals surface area contributed by atoms with Crippen LogP contribution in [0.15, 0.2) is 36.5 Å². The molecule has 0 atom stereocenters. The first-order valence-corrected chi connectivity index (χ1v) is 5.98. The summed E-state index contributed by atoms with van der Waals surface area (Å²) in [5.41, 5.74) is 0.481. The van der Waals surface area contributed by atoms with E-state index in [0.29, 0.717) is 17.9 Å². The summed E-state index contributed by atoms with van der Waals surface area (Å²) in [5.74, 6) is -0.648. The van der Waals surface area contributed by atoms with Crippen molar-refractivity contribution < 1.29 is 13.5 Å². The van der Waals surface area contributed by atoms with E-state index in [9.17, 15) is 8.78 Å². The van der Waals surface area contributed by atoms with Crippen molar-refractivity contribution in [2.24, 2.45) is 0 Å². The molecule has 1 N–H and O–H groups in total. The second-order valence-corrected chi connectivity index (χ2v) is 3.93. The van der Waals surface area contributed by atoms with Crippen LogP contribution in [0.2, 0.25) is 0 Å². The van der Waals surface area contributed by atoms with Gasteiger partial charge in [0, 0.05) is 18.3 Å². The highest BCUT2D eigenvalue weighted by molar-refractivity contribution is 5.30. The van der Waals surface area contributed by atoms with Crippen molar-refractivity contribution in [2.45, 2.75) is 13.5 Å². The Hall–Kier alpha value is -2.01. The number of halogens is 2. The molecule has 0 aliphatic carbocycles. The standard InChI is InChI=1S/C14H14F2N2O/c1-2-17-9-10-7-8-18-14(13(10)16)19-12-5-3-11(15)4-6-12/h3-8,17H,2,9H2,1H3. The van der Waals surface area contributed by atoms with Gasteiger partial charge >= 0.3 is 0 Å². The number of ether oxygens (including phenoxy) is 1. The van der Waals surface area contributed by atoms with Gasteiger partial charge in [-0.1, -0.05) is 6.92 Å². The molecule has 0 saturated heterocycles. The Labute approximate surface area is 110 Å². The number of benzene rings is 1. The number of hydrogen-bond acceptors (Lipinski definition) is 3. The Kier molecular flexibility index (Phi) is 4.41. The highest BCUT2D eigenvalue weighted by atomic mass is 19.1. The molecular weight excluding hydrogens is 250 g/mol. The van der Waals surface area contributed by atoms with Crippen molar-refractivity contribution >= 4 is 0 Å². The molecule has 19 heavy (non-hydrogen) atoms. The van der Waals surface area contributed by atoms with Gasteiger partial charge in [0.2, 0.25) is 0 Å². The van der Waals surface area contributed by atoms with Gasteiger partial charge in [-0.05, 0) is 36.9 Å². The van der Waals surface area contributed by atoms with E-state index in [0.717, 1.165) is 6.54 Å². The summed E-state index contributed by atoms with van der Waals surface area (Å²) in [5, 5.41) is 3.03. The molecule has 0 aliphatic rings. The number of pyridine rings is 1. The Bertz CT molecular complexity index is 544. The lowest BCUT2D eigenvalue weighted by molar-refractivity contribution is 0.417. The lowest BCUT2D eigenvalue weighted by Gasteiger charge is -2.09. The van der Waals surface area contributed by atoms with Crippen molar-refractivity contribution in [3.05, 3.63) is 53.7 Å². The Balaban J connectivity index is 2.18. The number of aromatic nitrogens is 1. The van der Waals surface area contributed by atoms with Gasteiger partial charge in [0.05, 0.1) is 0 Å². The molecule has 1 aromatic heterocycles. The van der Waals surface area contributed by atoms with Crippen molar-refractivity contribution in [2.75, 3.05) is 6.54 Å². The van der Waals surface area contributed by atoms with E-state index < -0.39 is 5.82 Å². The lowest BCUT2D eigenvalue weighted by atomic mass is 10.2. The Morgan fingerprint density at radius 3 is 2.58 bits per heavy atom. The molecule has 0 amide bonds. The van der Waals surface area contributed by atoms with Crippen LogP contribution in [0.4, 0.5) is 8.78 Å². The minimum absolute atomic E-state index is 0.109. The fourth-order valence-electron chi connectivity index (χ4n) is 1.54. The third kappa shape index (κ3) is 3.48.